The fraction of sp³-hybridized carbons (Fsp3) is 0.417. The van der Waals surface area contributed by atoms with E-state index in [1.54, 1.807) is 17.0 Å². The van der Waals surface area contributed by atoms with Crippen molar-refractivity contribution in [3.05, 3.63) is 51.3 Å². The van der Waals surface area contributed by atoms with Crippen molar-refractivity contribution >= 4 is 23.8 Å². The molecule has 0 saturated carbocycles. The smallest absolute Gasteiger partial charge is 0.410 e. The maximum absolute atomic E-state index is 12.2. The molecule has 1 aliphatic heterocycles. The number of hydrogen-bond donors (Lipinski definition) is 4. The van der Waals surface area contributed by atoms with Crippen LogP contribution in [0.1, 0.15) is 59.9 Å². The van der Waals surface area contributed by atoms with E-state index in [4.69, 9.17) is 15.2 Å². The molecule has 1 aromatic heterocycles. The van der Waals surface area contributed by atoms with E-state index in [-0.39, 0.29) is 29.9 Å². The molecule has 3 rings (SSSR count). The average molecular weight is 488 g/mol. The summed E-state index contributed by atoms with van der Waals surface area (Å²) in [5.74, 6) is -3.44. The molecule has 11 nitrogen and oxygen atoms in total. The number of aromatic nitrogens is 1. The molecule has 35 heavy (non-hydrogen) atoms. The SMILES string of the molecule is CC(C)(C)OC(=O)N1CCC(OCc2ccc(-c3c(C(=O)O)c(N)[nH]c(=O)c3C(=O)O)cc2)CC1. The monoisotopic (exact) mass is 487 g/mol. The summed E-state index contributed by atoms with van der Waals surface area (Å²) >= 11 is 0. The average Bonchev–Trinajstić information content (AvgIpc) is 2.76. The highest BCUT2D eigenvalue weighted by molar-refractivity contribution is 6.07. The molecule has 1 aromatic carbocycles. The zero-order chi connectivity index (χ0) is 25.9. The van der Waals surface area contributed by atoms with Crippen LogP contribution in [0.15, 0.2) is 29.1 Å². The molecule has 0 atom stereocenters. The molecule has 0 bridgehead atoms. The Hall–Kier alpha value is -3.86. The molecule has 11 heteroatoms. The molecular formula is C24H29N3O8. The zero-order valence-electron chi connectivity index (χ0n) is 19.8. The van der Waals surface area contributed by atoms with Crippen molar-refractivity contribution in [2.24, 2.45) is 0 Å². The van der Waals surface area contributed by atoms with Gasteiger partial charge in [0.25, 0.3) is 5.56 Å². The molecule has 0 radical (unpaired) electrons. The maximum Gasteiger partial charge on any atom is 0.410 e. The molecule has 2 aromatic rings. The third-order valence-corrected chi connectivity index (χ3v) is 5.49. The van der Waals surface area contributed by atoms with Crippen LogP contribution in [0, 0.1) is 0 Å². The van der Waals surface area contributed by atoms with Gasteiger partial charge >= 0.3 is 18.0 Å². The predicted octanol–water partition coefficient (Wildman–Crippen LogP) is 2.94. The predicted molar refractivity (Wildman–Crippen MR) is 126 cm³/mol. The van der Waals surface area contributed by atoms with Crippen LogP contribution in [-0.2, 0) is 16.1 Å². The zero-order valence-corrected chi connectivity index (χ0v) is 19.8. The van der Waals surface area contributed by atoms with Crippen molar-refractivity contribution in [3.8, 4) is 11.1 Å². The minimum atomic E-state index is -1.56. The van der Waals surface area contributed by atoms with Crippen LogP contribution in [0.4, 0.5) is 10.6 Å². The van der Waals surface area contributed by atoms with Gasteiger partial charge in [-0.05, 0) is 44.7 Å². The summed E-state index contributed by atoms with van der Waals surface area (Å²) in [5.41, 5.74) is 3.70. The number of nitrogens with two attached hydrogens (primary N) is 1. The van der Waals surface area contributed by atoms with E-state index in [2.05, 4.69) is 4.98 Å². The molecule has 0 unspecified atom stereocenters. The fourth-order valence-electron chi connectivity index (χ4n) is 3.85. The summed E-state index contributed by atoms with van der Waals surface area (Å²) in [5, 5.41) is 19.0. The van der Waals surface area contributed by atoms with Gasteiger partial charge in [0.1, 0.15) is 22.5 Å². The Kier molecular flexibility index (Phi) is 7.49. The minimum absolute atomic E-state index is 0.0435. The number of carboxylic acid groups (broad SMARTS) is 2. The van der Waals surface area contributed by atoms with Crippen LogP contribution in [0.2, 0.25) is 0 Å². The Balaban J connectivity index is 1.69. The Bertz CT molecular complexity index is 1170. The number of anilines is 1. The maximum atomic E-state index is 12.2. The van der Waals surface area contributed by atoms with Crippen LogP contribution < -0.4 is 11.3 Å². The standard InChI is InChI=1S/C24H29N3O8/c1-24(2,3)35-23(33)27-10-8-15(9-11-27)34-12-13-4-6-14(7-5-13)16-17(21(29)30)19(25)26-20(28)18(16)22(31)32/h4-7,15H,8-12H2,1-3H3,(H,29,30)(H,31,32)(H3,25,26,28). The number of carbonyl (C=O) groups excluding carboxylic acids is 1. The van der Waals surface area contributed by atoms with Crippen LogP contribution in [0.5, 0.6) is 0 Å². The second kappa shape index (κ2) is 10.2. The van der Waals surface area contributed by atoms with E-state index >= 15 is 0 Å². The molecule has 0 aliphatic carbocycles. The van der Waals surface area contributed by atoms with Gasteiger partial charge in [-0.25, -0.2) is 14.4 Å². The van der Waals surface area contributed by atoms with Crippen LogP contribution in [-0.4, -0.2) is 62.9 Å². The number of nitrogens with zero attached hydrogens (tertiary/aromatic N) is 1. The van der Waals surface area contributed by atoms with E-state index in [0.717, 1.165) is 5.56 Å². The number of H-pyrrole nitrogens is 1. The second-order valence-electron chi connectivity index (χ2n) is 9.28. The van der Waals surface area contributed by atoms with Gasteiger partial charge < -0.3 is 35.3 Å². The molecular weight excluding hydrogens is 458 g/mol. The van der Waals surface area contributed by atoms with E-state index in [0.29, 0.717) is 25.9 Å². The number of ether oxygens (including phenoxy) is 2. The highest BCUT2D eigenvalue weighted by atomic mass is 16.6. The first-order chi connectivity index (χ1) is 16.4. The summed E-state index contributed by atoms with van der Waals surface area (Å²) in [7, 11) is 0. The number of piperidine rings is 1. The molecule has 2 heterocycles. The van der Waals surface area contributed by atoms with Gasteiger partial charge in [0.15, 0.2) is 0 Å². The second-order valence-corrected chi connectivity index (χ2v) is 9.28. The van der Waals surface area contributed by atoms with Gasteiger partial charge in [-0.2, -0.15) is 0 Å². The van der Waals surface area contributed by atoms with Crippen LogP contribution >= 0.6 is 0 Å². The summed E-state index contributed by atoms with van der Waals surface area (Å²) < 4.78 is 11.4. The van der Waals surface area contributed by atoms with Gasteiger partial charge in [0.05, 0.1) is 12.7 Å². The number of aromatic carboxylic acids is 2. The van der Waals surface area contributed by atoms with Crippen molar-refractivity contribution in [3.63, 3.8) is 0 Å². The number of carboxylic acids is 2. The van der Waals surface area contributed by atoms with Gasteiger partial charge in [-0.1, -0.05) is 24.3 Å². The number of likely N-dealkylation sites (tertiary alicyclic amines) is 1. The lowest BCUT2D eigenvalue weighted by atomic mass is 9.95. The van der Waals surface area contributed by atoms with E-state index < -0.39 is 40.0 Å². The van der Waals surface area contributed by atoms with Gasteiger partial charge in [-0.3, -0.25) is 4.79 Å². The van der Waals surface area contributed by atoms with Gasteiger partial charge in [0, 0.05) is 18.7 Å². The number of pyridine rings is 1. The third-order valence-electron chi connectivity index (χ3n) is 5.49. The molecule has 5 N–H and O–H groups in total. The van der Waals surface area contributed by atoms with Crippen molar-refractivity contribution in [1.82, 2.24) is 9.88 Å². The first kappa shape index (κ1) is 25.8. The number of aromatic amines is 1. The van der Waals surface area contributed by atoms with E-state index in [1.165, 1.54) is 12.1 Å². The molecule has 1 aliphatic rings. The van der Waals surface area contributed by atoms with Gasteiger partial charge in [-0.15, -0.1) is 0 Å². The Morgan fingerprint density at radius 1 is 1.06 bits per heavy atom. The first-order valence-electron chi connectivity index (χ1n) is 11.1. The van der Waals surface area contributed by atoms with E-state index in [9.17, 15) is 29.4 Å². The summed E-state index contributed by atoms with van der Waals surface area (Å²) in [6, 6.07) is 6.38. The largest absolute Gasteiger partial charge is 0.478 e. The lowest BCUT2D eigenvalue weighted by molar-refractivity contribution is -0.0170. The highest BCUT2D eigenvalue weighted by Gasteiger charge is 2.28. The number of carbonyl (C=O) groups is 3. The topological polar surface area (TPSA) is 172 Å². The molecule has 0 spiro atoms. The van der Waals surface area contributed by atoms with Crippen LogP contribution in [0.25, 0.3) is 11.1 Å². The first-order valence-corrected chi connectivity index (χ1v) is 11.1. The molecule has 188 valence electrons. The van der Waals surface area contributed by atoms with Crippen molar-refractivity contribution in [2.75, 3.05) is 18.8 Å². The Morgan fingerprint density at radius 3 is 2.14 bits per heavy atom. The number of benzene rings is 1. The number of nitrogens with one attached hydrogen (secondary N) is 1. The van der Waals surface area contributed by atoms with Crippen molar-refractivity contribution in [1.29, 1.82) is 0 Å². The third kappa shape index (κ3) is 6.18. The van der Waals surface area contributed by atoms with Gasteiger partial charge in [0.2, 0.25) is 0 Å². The summed E-state index contributed by atoms with van der Waals surface area (Å²) in [6.45, 7) is 6.79. The number of hydrogen-bond acceptors (Lipinski definition) is 7. The quantitative estimate of drug-likeness (QED) is 0.478. The van der Waals surface area contributed by atoms with Crippen molar-refractivity contribution < 1.29 is 34.1 Å². The summed E-state index contributed by atoms with van der Waals surface area (Å²) in [4.78, 5) is 51.5. The van der Waals surface area contributed by atoms with Crippen molar-refractivity contribution in [2.45, 2.75) is 51.9 Å². The minimum Gasteiger partial charge on any atom is -0.478 e. The lowest BCUT2D eigenvalue weighted by Crippen LogP contribution is -2.43. The molecule has 1 fully saturated rings. The molecule has 1 amide bonds. The highest BCUT2D eigenvalue weighted by Crippen LogP contribution is 2.29. The van der Waals surface area contributed by atoms with E-state index in [1.807, 2.05) is 20.8 Å². The fourth-order valence-corrected chi connectivity index (χ4v) is 3.85. The number of amides is 1. The Morgan fingerprint density at radius 2 is 1.63 bits per heavy atom. The molecule has 1 saturated heterocycles. The summed E-state index contributed by atoms with van der Waals surface area (Å²) in [6.07, 6.45) is 0.937. The Labute approximate surface area is 201 Å². The number of rotatable bonds is 6. The number of nitrogen functional groups attached to an aromatic ring is 1. The lowest BCUT2D eigenvalue weighted by Gasteiger charge is -2.33. The van der Waals surface area contributed by atoms with Crippen LogP contribution in [0.3, 0.4) is 0 Å². The normalized spacial score (nSPS) is 14.5.